The molecule has 10 nitrogen and oxygen atoms in total. The van der Waals surface area contributed by atoms with E-state index in [1.165, 1.54) is 16.4 Å². The van der Waals surface area contributed by atoms with Crippen LogP contribution in [-0.2, 0) is 4.79 Å². The van der Waals surface area contributed by atoms with Crippen LogP contribution < -0.4 is 10.6 Å². The van der Waals surface area contributed by atoms with Crippen LogP contribution in [0.4, 0.5) is 10.5 Å². The zero-order valence-electron chi connectivity index (χ0n) is 12.9. The maximum Gasteiger partial charge on any atom is 0.337 e. The molecule has 2 aromatic rings. The molecule has 24 heavy (non-hydrogen) atoms. The maximum atomic E-state index is 11.8. The number of tetrazole rings is 1. The second-order valence-electron chi connectivity index (χ2n) is 5.01. The third-order valence-electron chi connectivity index (χ3n) is 3.03. The van der Waals surface area contributed by atoms with Crippen LogP contribution in [0.1, 0.15) is 6.92 Å². The van der Waals surface area contributed by atoms with E-state index in [-0.39, 0.29) is 0 Å². The standard InChI is InChI=1S/C13H16N6O4S/c1-13(23,10(20)21)7-14-11(22)15-8-4-3-5-9(6-8)19-12(24-2)16-17-18-19/h3-6,23H,7H2,1-2H3,(H,20,21)(H2,14,15,22). The molecule has 0 radical (unpaired) electrons. The lowest BCUT2D eigenvalue weighted by molar-refractivity contribution is -0.155. The molecule has 0 aliphatic heterocycles. The van der Waals surface area contributed by atoms with Crippen molar-refractivity contribution in [2.24, 2.45) is 0 Å². The molecule has 1 aromatic carbocycles. The molecule has 11 heteroatoms. The minimum absolute atomic E-state index is 0.433. The number of carbonyl (C=O) groups is 2. The maximum absolute atomic E-state index is 11.8. The molecule has 1 unspecified atom stereocenters. The number of nitrogens with one attached hydrogen (secondary N) is 2. The second kappa shape index (κ2) is 7.27. The molecule has 0 saturated heterocycles. The first kappa shape index (κ1) is 17.7. The second-order valence-corrected chi connectivity index (χ2v) is 5.79. The molecular weight excluding hydrogens is 336 g/mol. The molecule has 128 valence electrons. The van der Waals surface area contributed by atoms with Gasteiger partial charge in [0.05, 0.1) is 12.2 Å². The Bertz CT molecular complexity index is 748. The number of urea groups is 1. The molecule has 0 fully saturated rings. The summed E-state index contributed by atoms with van der Waals surface area (Å²) < 4.78 is 1.52. The molecule has 2 rings (SSSR count). The van der Waals surface area contributed by atoms with Gasteiger partial charge in [-0.05, 0) is 41.8 Å². The van der Waals surface area contributed by atoms with Crippen LogP contribution in [0, 0.1) is 0 Å². The molecule has 0 aliphatic carbocycles. The minimum atomic E-state index is -2.04. The number of hydrogen-bond acceptors (Lipinski definition) is 7. The Balaban J connectivity index is 2.05. The van der Waals surface area contributed by atoms with Gasteiger partial charge in [0.2, 0.25) is 5.16 Å². The summed E-state index contributed by atoms with van der Waals surface area (Å²) in [4.78, 5) is 22.6. The summed E-state index contributed by atoms with van der Waals surface area (Å²) >= 11 is 1.37. The van der Waals surface area contributed by atoms with Gasteiger partial charge in [0, 0.05) is 5.69 Å². The fraction of sp³-hybridized carbons (Fsp3) is 0.308. The van der Waals surface area contributed by atoms with Crippen molar-refractivity contribution in [2.45, 2.75) is 17.7 Å². The quantitative estimate of drug-likeness (QED) is 0.545. The number of carboxylic acid groups (broad SMARTS) is 1. The van der Waals surface area contributed by atoms with Gasteiger partial charge >= 0.3 is 12.0 Å². The number of anilines is 1. The van der Waals surface area contributed by atoms with Crippen molar-refractivity contribution in [1.29, 1.82) is 0 Å². The summed E-state index contributed by atoms with van der Waals surface area (Å²) in [6.07, 6.45) is 1.84. The van der Waals surface area contributed by atoms with Crippen molar-refractivity contribution in [1.82, 2.24) is 25.5 Å². The highest BCUT2D eigenvalue weighted by molar-refractivity contribution is 7.98. The van der Waals surface area contributed by atoms with Crippen LogP contribution in [-0.4, -0.2) is 60.8 Å². The van der Waals surface area contributed by atoms with Crippen LogP contribution >= 0.6 is 11.8 Å². The van der Waals surface area contributed by atoms with Gasteiger partial charge in [0.15, 0.2) is 5.60 Å². The number of amides is 2. The van der Waals surface area contributed by atoms with E-state index in [0.29, 0.717) is 16.5 Å². The average Bonchev–Trinajstić information content (AvgIpc) is 3.02. The smallest absolute Gasteiger partial charge is 0.337 e. The molecule has 1 aromatic heterocycles. The molecule has 4 N–H and O–H groups in total. The SMILES string of the molecule is CSc1nnnn1-c1cccc(NC(=O)NCC(C)(O)C(=O)O)c1. The average molecular weight is 352 g/mol. The predicted octanol–water partition coefficient (Wildman–Crippen LogP) is 0.341. The van der Waals surface area contributed by atoms with Crippen molar-refractivity contribution in [2.75, 3.05) is 18.1 Å². The first-order chi connectivity index (χ1) is 11.3. The number of hydrogen-bond donors (Lipinski definition) is 4. The van der Waals surface area contributed by atoms with Crippen LogP contribution in [0.2, 0.25) is 0 Å². The van der Waals surface area contributed by atoms with E-state index in [2.05, 4.69) is 26.2 Å². The lowest BCUT2D eigenvalue weighted by Crippen LogP contribution is -2.47. The highest BCUT2D eigenvalue weighted by Crippen LogP contribution is 2.18. The summed E-state index contributed by atoms with van der Waals surface area (Å²) in [6, 6.07) is 6.15. The number of carboxylic acids is 1. The van der Waals surface area contributed by atoms with E-state index in [1.807, 2.05) is 6.26 Å². The Kier molecular flexibility index (Phi) is 5.36. The number of nitrogens with zero attached hydrogens (tertiary/aromatic N) is 4. The monoisotopic (exact) mass is 352 g/mol. The van der Waals surface area contributed by atoms with Gasteiger partial charge in [-0.2, -0.15) is 4.68 Å². The number of rotatable bonds is 6. The highest BCUT2D eigenvalue weighted by Gasteiger charge is 2.30. The number of aliphatic carboxylic acids is 1. The van der Waals surface area contributed by atoms with E-state index in [1.54, 1.807) is 24.3 Å². The van der Waals surface area contributed by atoms with Crippen molar-refractivity contribution in [3.63, 3.8) is 0 Å². The number of thioether (sulfide) groups is 1. The Morgan fingerprint density at radius 2 is 2.17 bits per heavy atom. The first-order valence-electron chi connectivity index (χ1n) is 6.77. The summed E-state index contributed by atoms with van der Waals surface area (Å²) in [5.41, 5.74) is -0.930. The van der Waals surface area contributed by atoms with Crippen LogP contribution in [0.3, 0.4) is 0 Å². The Morgan fingerprint density at radius 1 is 1.42 bits per heavy atom. The van der Waals surface area contributed by atoms with E-state index in [4.69, 9.17) is 5.11 Å². The van der Waals surface area contributed by atoms with Crippen molar-refractivity contribution < 1.29 is 19.8 Å². The van der Waals surface area contributed by atoms with Crippen molar-refractivity contribution in [3.05, 3.63) is 24.3 Å². The van der Waals surface area contributed by atoms with Crippen LogP contribution in [0.5, 0.6) is 0 Å². The normalized spacial score (nSPS) is 13.1. The van der Waals surface area contributed by atoms with E-state index < -0.39 is 24.1 Å². The first-order valence-corrected chi connectivity index (χ1v) is 7.99. The molecule has 1 atom stereocenters. The highest BCUT2D eigenvalue weighted by atomic mass is 32.2. The van der Waals surface area contributed by atoms with Gasteiger partial charge in [-0.25, -0.2) is 9.59 Å². The van der Waals surface area contributed by atoms with E-state index in [9.17, 15) is 14.7 Å². The van der Waals surface area contributed by atoms with Crippen molar-refractivity contribution in [3.8, 4) is 5.69 Å². The van der Waals surface area contributed by atoms with Gasteiger partial charge in [-0.15, -0.1) is 5.10 Å². The number of aliphatic hydroxyl groups is 1. The van der Waals surface area contributed by atoms with Crippen molar-refractivity contribution >= 4 is 29.4 Å². The van der Waals surface area contributed by atoms with E-state index in [0.717, 1.165) is 6.92 Å². The zero-order chi connectivity index (χ0) is 17.7. The lowest BCUT2D eigenvalue weighted by atomic mass is 10.1. The molecule has 0 saturated carbocycles. The molecular formula is C13H16N6O4S. The van der Waals surface area contributed by atoms with Gasteiger partial charge in [-0.1, -0.05) is 17.8 Å². The largest absolute Gasteiger partial charge is 0.479 e. The summed E-state index contributed by atoms with van der Waals surface area (Å²) in [5.74, 6) is -1.42. The predicted molar refractivity (Wildman–Crippen MR) is 86.2 cm³/mol. The Morgan fingerprint density at radius 3 is 2.83 bits per heavy atom. The summed E-state index contributed by atoms with van der Waals surface area (Å²) in [6.45, 7) is 0.662. The molecule has 0 aliphatic rings. The third-order valence-corrected chi connectivity index (χ3v) is 3.65. The Labute approximate surface area is 141 Å². The summed E-state index contributed by atoms with van der Waals surface area (Å²) in [5, 5.41) is 35.1. The topological polar surface area (TPSA) is 142 Å². The number of carbonyl (C=O) groups excluding carboxylic acids is 1. The van der Waals surface area contributed by atoms with Crippen LogP contribution in [0.25, 0.3) is 5.69 Å². The molecule has 2 amide bonds. The molecule has 0 bridgehead atoms. The lowest BCUT2D eigenvalue weighted by Gasteiger charge is -2.18. The molecule has 1 heterocycles. The molecule has 0 spiro atoms. The number of aromatic nitrogens is 4. The third kappa shape index (κ3) is 4.20. The van der Waals surface area contributed by atoms with Crippen LogP contribution in [0.15, 0.2) is 29.4 Å². The summed E-state index contributed by atoms with van der Waals surface area (Å²) in [7, 11) is 0. The fourth-order valence-electron chi connectivity index (χ4n) is 1.69. The van der Waals surface area contributed by atoms with Gasteiger partial charge < -0.3 is 20.8 Å². The van der Waals surface area contributed by atoms with Gasteiger partial charge in [0.1, 0.15) is 0 Å². The minimum Gasteiger partial charge on any atom is -0.479 e. The number of benzene rings is 1. The fourth-order valence-corrected chi connectivity index (χ4v) is 2.12. The van der Waals surface area contributed by atoms with Gasteiger partial charge in [-0.3, -0.25) is 0 Å². The van der Waals surface area contributed by atoms with Gasteiger partial charge in [0.25, 0.3) is 0 Å². The Hall–Kier alpha value is -2.66. The zero-order valence-corrected chi connectivity index (χ0v) is 13.7. The van der Waals surface area contributed by atoms with E-state index >= 15 is 0 Å².